The average molecular weight is 276 g/mol. The second-order valence-corrected chi connectivity index (χ2v) is 5.65. The van der Waals surface area contributed by atoms with Crippen LogP contribution in [0, 0.1) is 5.92 Å². The lowest BCUT2D eigenvalue weighted by molar-refractivity contribution is 0.374. The van der Waals surface area contributed by atoms with E-state index in [9.17, 15) is 0 Å². The lowest BCUT2D eigenvalue weighted by Gasteiger charge is -2.33. The Morgan fingerprint density at radius 3 is 2.80 bits per heavy atom. The minimum atomic E-state index is 0.849. The number of rotatable bonds is 7. The number of allylic oxidation sites excluding steroid dienone is 1. The number of nitrogens with zero attached hydrogens (tertiary/aromatic N) is 3. The molecule has 1 saturated heterocycles. The summed E-state index contributed by atoms with van der Waals surface area (Å²) in [5.41, 5.74) is 1.18. The van der Waals surface area contributed by atoms with Crippen LogP contribution in [0.1, 0.15) is 31.9 Å². The van der Waals surface area contributed by atoms with E-state index in [4.69, 9.17) is 4.98 Å². The number of hydrogen-bond acceptors (Lipinski definition) is 3. The molecular formula is C16H28N4. The van der Waals surface area contributed by atoms with Gasteiger partial charge in [-0.15, -0.1) is 6.58 Å². The average Bonchev–Trinajstić information content (AvgIpc) is 2.89. The third kappa shape index (κ3) is 3.63. The van der Waals surface area contributed by atoms with Crippen LogP contribution >= 0.6 is 0 Å². The monoisotopic (exact) mass is 276 g/mol. The molecule has 20 heavy (non-hydrogen) atoms. The number of aromatic nitrogens is 2. The van der Waals surface area contributed by atoms with Crippen molar-refractivity contribution in [3.63, 3.8) is 0 Å². The molecule has 0 aromatic carbocycles. The lowest BCUT2D eigenvalue weighted by Crippen LogP contribution is -2.36. The van der Waals surface area contributed by atoms with E-state index in [1.807, 2.05) is 13.1 Å². The summed E-state index contributed by atoms with van der Waals surface area (Å²) in [5, 5.41) is 3.25. The van der Waals surface area contributed by atoms with Crippen molar-refractivity contribution in [1.82, 2.24) is 14.9 Å². The normalized spacial score (nSPS) is 16.6. The molecule has 1 fully saturated rings. The molecule has 0 bridgehead atoms. The maximum atomic E-state index is 4.79. The van der Waals surface area contributed by atoms with E-state index in [0.29, 0.717) is 0 Å². The molecule has 4 nitrogen and oxygen atoms in total. The van der Waals surface area contributed by atoms with Crippen molar-refractivity contribution in [3.8, 4) is 0 Å². The molecule has 4 heteroatoms. The summed E-state index contributed by atoms with van der Waals surface area (Å²) in [7, 11) is 2.04. The highest BCUT2D eigenvalue weighted by atomic mass is 15.3. The van der Waals surface area contributed by atoms with Gasteiger partial charge in [0.1, 0.15) is 0 Å². The first-order valence-corrected chi connectivity index (χ1v) is 7.85. The number of hydrogen-bond donors (Lipinski definition) is 1. The Bertz CT molecular complexity index is 416. The van der Waals surface area contributed by atoms with Crippen molar-refractivity contribution in [2.75, 3.05) is 31.6 Å². The Balaban J connectivity index is 1.98. The summed E-state index contributed by atoms with van der Waals surface area (Å²) in [6.45, 7) is 10.3. The highest BCUT2D eigenvalue weighted by Gasteiger charge is 2.22. The van der Waals surface area contributed by atoms with Crippen LogP contribution in [0.3, 0.4) is 0 Å². The van der Waals surface area contributed by atoms with Gasteiger partial charge in [-0.05, 0) is 45.2 Å². The summed E-state index contributed by atoms with van der Waals surface area (Å²) in [5.74, 6) is 2.00. The maximum absolute atomic E-state index is 4.79. The number of nitrogens with one attached hydrogen (secondary N) is 1. The van der Waals surface area contributed by atoms with Crippen LogP contribution in [0.15, 0.2) is 18.9 Å². The van der Waals surface area contributed by atoms with Crippen molar-refractivity contribution in [2.45, 2.75) is 39.2 Å². The third-order valence-electron chi connectivity index (χ3n) is 4.19. The van der Waals surface area contributed by atoms with Crippen LogP contribution < -0.4 is 10.2 Å². The van der Waals surface area contributed by atoms with Crippen molar-refractivity contribution < 1.29 is 0 Å². The molecule has 112 valence electrons. The summed E-state index contributed by atoms with van der Waals surface area (Å²) < 4.78 is 2.24. The Kier molecular flexibility index (Phi) is 5.65. The molecule has 0 atom stereocenters. The predicted octanol–water partition coefficient (Wildman–Crippen LogP) is 2.46. The molecule has 0 radical (unpaired) electrons. The van der Waals surface area contributed by atoms with E-state index in [1.54, 1.807) is 0 Å². The van der Waals surface area contributed by atoms with Crippen molar-refractivity contribution in [2.24, 2.45) is 5.92 Å². The van der Waals surface area contributed by atoms with Crippen LogP contribution in [0.5, 0.6) is 0 Å². The fourth-order valence-electron chi connectivity index (χ4n) is 2.93. The first kappa shape index (κ1) is 15.1. The van der Waals surface area contributed by atoms with Gasteiger partial charge in [0.15, 0.2) is 0 Å². The van der Waals surface area contributed by atoms with Crippen LogP contribution in [0.4, 0.5) is 5.95 Å². The maximum Gasteiger partial charge on any atom is 0.206 e. The Morgan fingerprint density at radius 2 is 2.20 bits per heavy atom. The summed E-state index contributed by atoms with van der Waals surface area (Å²) in [6.07, 6.45) is 8.98. The molecule has 0 saturated carbocycles. The highest BCUT2D eigenvalue weighted by molar-refractivity contribution is 5.34. The summed E-state index contributed by atoms with van der Waals surface area (Å²) >= 11 is 0. The van der Waals surface area contributed by atoms with E-state index in [0.717, 1.165) is 44.5 Å². The van der Waals surface area contributed by atoms with Crippen molar-refractivity contribution in [3.05, 3.63) is 24.5 Å². The number of piperidine rings is 1. The first-order chi connectivity index (χ1) is 9.78. The van der Waals surface area contributed by atoms with Gasteiger partial charge >= 0.3 is 0 Å². The van der Waals surface area contributed by atoms with Gasteiger partial charge < -0.3 is 14.8 Å². The molecule has 0 unspecified atom stereocenters. The lowest BCUT2D eigenvalue weighted by atomic mass is 9.94. The fourth-order valence-corrected chi connectivity index (χ4v) is 2.93. The van der Waals surface area contributed by atoms with E-state index in [2.05, 4.69) is 34.5 Å². The molecule has 1 aromatic rings. The largest absolute Gasteiger partial charge is 0.342 e. The molecule has 0 spiro atoms. The van der Waals surface area contributed by atoms with E-state index < -0.39 is 0 Å². The molecule has 1 aliphatic heterocycles. The van der Waals surface area contributed by atoms with Crippen LogP contribution in [0.25, 0.3) is 0 Å². The zero-order chi connectivity index (χ0) is 14.4. The summed E-state index contributed by atoms with van der Waals surface area (Å²) in [6, 6.07) is 0. The molecular weight excluding hydrogens is 248 g/mol. The van der Waals surface area contributed by atoms with Gasteiger partial charge in [0.2, 0.25) is 5.95 Å². The zero-order valence-electron chi connectivity index (χ0n) is 12.9. The van der Waals surface area contributed by atoms with Crippen LogP contribution in [0.2, 0.25) is 0 Å². The third-order valence-corrected chi connectivity index (χ3v) is 4.19. The topological polar surface area (TPSA) is 33.1 Å². The Labute approximate surface area is 122 Å². The zero-order valence-corrected chi connectivity index (χ0v) is 12.9. The van der Waals surface area contributed by atoms with Crippen LogP contribution in [-0.2, 0) is 13.0 Å². The van der Waals surface area contributed by atoms with Gasteiger partial charge in [-0.1, -0.05) is 13.0 Å². The van der Waals surface area contributed by atoms with Gasteiger partial charge in [0.05, 0.1) is 5.69 Å². The molecule has 1 aromatic heterocycles. The Morgan fingerprint density at radius 1 is 1.45 bits per heavy atom. The minimum absolute atomic E-state index is 0.849. The molecule has 0 aliphatic carbocycles. The summed E-state index contributed by atoms with van der Waals surface area (Å²) in [4.78, 5) is 7.23. The number of aryl methyl sites for hydroxylation is 1. The van der Waals surface area contributed by atoms with E-state index >= 15 is 0 Å². The SMILES string of the molecule is C=CCn1cc(CC)nc1N1CCC(CCNC)CC1. The number of imidazole rings is 1. The van der Waals surface area contributed by atoms with Gasteiger partial charge in [0, 0.05) is 25.8 Å². The second-order valence-electron chi connectivity index (χ2n) is 5.65. The van der Waals surface area contributed by atoms with Gasteiger partial charge in [-0.25, -0.2) is 4.98 Å². The predicted molar refractivity (Wildman–Crippen MR) is 85.3 cm³/mol. The minimum Gasteiger partial charge on any atom is -0.342 e. The highest BCUT2D eigenvalue weighted by Crippen LogP contribution is 2.25. The molecule has 2 rings (SSSR count). The van der Waals surface area contributed by atoms with E-state index in [-0.39, 0.29) is 0 Å². The van der Waals surface area contributed by atoms with Gasteiger partial charge in [0.25, 0.3) is 0 Å². The van der Waals surface area contributed by atoms with Crippen LogP contribution in [-0.4, -0.2) is 36.2 Å². The quantitative estimate of drug-likeness (QED) is 0.777. The molecule has 1 aliphatic rings. The van der Waals surface area contributed by atoms with Crippen molar-refractivity contribution >= 4 is 5.95 Å². The Hall–Kier alpha value is -1.29. The van der Waals surface area contributed by atoms with Crippen molar-refractivity contribution in [1.29, 1.82) is 0 Å². The second kappa shape index (κ2) is 7.48. The molecule has 0 amide bonds. The van der Waals surface area contributed by atoms with Gasteiger partial charge in [-0.3, -0.25) is 0 Å². The molecule has 2 heterocycles. The smallest absolute Gasteiger partial charge is 0.206 e. The van der Waals surface area contributed by atoms with E-state index in [1.165, 1.54) is 25.0 Å². The first-order valence-electron chi connectivity index (χ1n) is 7.85. The fraction of sp³-hybridized carbons (Fsp3) is 0.688. The standard InChI is InChI=1S/C16H28N4/c1-4-10-20-13-15(5-2)18-16(20)19-11-7-14(8-12-19)6-9-17-3/h4,13-14,17H,1,5-12H2,2-3H3. The molecule has 1 N–H and O–H groups in total. The number of anilines is 1. The van der Waals surface area contributed by atoms with Gasteiger partial charge in [-0.2, -0.15) is 0 Å².